The van der Waals surface area contributed by atoms with Crippen molar-refractivity contribution in [2.75, 3.05) is 25.5 Å². The Morgan fingerprint density at radius 2 is 1.77 bits per heavy atom. The molecule has 0 aromatic heterocycles. The Labute approximate surface area is 154 Å². The number of quaternary nitrogens is 1. The van der Waals surface area contributed by atoms with Gasteiger partial charge in [-0.25, -0.2) is 0 Å². The third kappa shape index (κ3) is 4.11. The number of anilines is 1. The van der Waals surface area contributed by atoms with Gasteiger partial charge in [-0.1, -0.05) is 36.4 Å². The van der Waals surface area contributed by atoms with Crippen LogP contribution in [0.15, 0.2) is 48.5 Å². The number of carbonyl (C=O) groups is 2. The molecule has 2 amide bonds. The summed E-state index contributed by atoms with van der Waals surface area (Å²) in [6.45, 7) is 2.06. The van der Waals surface area contributed by atoms with E-state index in [1.165, 1.54) is 10.5 Å². The van der Waals surface area contributed by atoms with E-state index < -0.39 is 0 Å². The van der Waals surface area contributed by atoms with Crippen LogP contribution in [0, 0.1) is 0 Å². The predicted molar refractivity (Wildman–Crippen MR) is 102 cm³/mol. The first kappa shape index (κ1) is 18.1. The highest BCUT2D eigenvalue weighted by atomic mass is 16.2. The van der Waals surface area contributed by atoms with Gasteiger partial charge in [-0.05, 0) is 24.1 Å². The number of benzene rings is 2. The van der Waals surface area contributed by atoms with Crippen LogP contribution in [-0.2, 0) is 17.9 Å². The summed E-state index contributed by atoms with van der Waals surface area (Å²) in [4.78, 5) is 27.9. The maximum Gasteiger partial charge on any atom is 0.253 e. The molecule has 0 unspecified atom stereocenters. The van der Waals surface area contributed by atoms with E-state index in [2.05, 4.69) is 31.5 Å². The molecule has 5 nitrogen and oxygen atoms in total. The fourth-order valence-corrected chi connectivity index (χ4v) is 3.36. The Morgan fingerprint density at radius 3 is 2.46 bits per heavy atom. The fraction of sp³-hybridized carbons (Fsp3) is 0.333. The van der Waals surface area contributed by atoms with E-state index in [9.17, 15) is 9.59 Å². The average Bonchev–Trinajstić information content (AvgIpc) is 3.06. The summed E-state index contributed by atoms with van der Waals surface area (Å²) in [5.41, 5.74) is 3.62. The van der Waals surface area contributed by atoms with Crippen molar-refractivity contribution in [3.8, 4) is 0 Å². The van der Waals surface area contributed by atoms with E-state index >= 15 is 0 Å². The van der Waals surface area contributed by atoms with E-state index in [4.69, 9.17) is 0 Å². The Balaban J connectivity index is 1.75. The van der Waals surface area contributed by atoms with Gasteiger partial charge in [0.2, 0.25) is 5.91 Å². The molecule has 2 aromatic rings. The molecule has 0 bridgehead atoms. The minimum atomic E-state index is -0.146. The molecule has 2 N–H and O–H groups in total. The molecule has 0 atom stereocenters. The molecule has 1 saturated heterocycles. The van der Waals surface area contributed by atoms with Gasteiger partial charge in [0.15, 0.2) is 0 Å². The third-order valence-corrected chi connectivity index (χ3v) is 4.61. The van der Waals surface area contributed by atoms with Gasteiger partial charge in [0, 0.05) is 25.1 Å². The van der Waals surface area contributed by atoms with Gasteiger partial charge < -0.3 is 15.1 Å². The van der Waals surface area contributed by atoms with Gasteiger partial charge in [-0.3, -0.25) is 9.59 Å². The van der Waals surface area contributed by atoms with Gasteiger partial charge >= 0.3 is 0 Å². The van der Waals surface area contributed by atoms with Crippen molar-refractivity contribution >= 4 is 17.5 Å². The number of nitrogens with one attached hydrogen (secondary N) is 2. The van der Waals surface area contributed by atoms with Crippen LogP contribution in [0.2, 0.25) is 0 Å². The zero-order valence-electron chi connectivity index (χ0n) is 15.4. The minimum absolute atomic E-state index is 0.0875. The maximum atomic E-state index is 12.8. The Kier molecular flexibility index (Phi) is 5.68. The van der Waals surface area contributed by atoms with Crippen molar-refractivity contribution in [3.05, 3.63) is 65.2 Å². The van der Waals surface area contributed by atoms with Crippen LogP contribution in [0.25, 0.3) is 0 Å². The monoisotopic (exact) mass is 352 g/mol. The van der Waals surface area contributed by atoms with Crippen LogP contribution < -0.4 is 15.1 Å². The number of amides is 2. The lowest BCUT2D eigenvalue weighted by Crippen LogP contribution is -3.04. The first-order valence-corrected chi connectivity index (χ1v) is 9.09. The number of hydrogen-bond acceptors (Lipinski definition) is 2. The van der Waals surface area contributed by atoms with E-state index in [0.29, 0.717) is 30.8 Å². The van der Waals surface area contributed by atoms with E-state index in [0.717, 1.165) is 18.5 Å². The average molecular weight is 352 g/mol. The lowest BCUT2D eigenvalue weighted by molar-refractivity contribution is -0.872. The number of nitrogens with zero attached hydrogens (tertiary/aromatic N) is 1. The quantitative estimate of drug-likeness (QED) is 0.825. The molecule has 2 aromatic carbocycles. The van der Waals surface area contributed by atoms with Crippen LogP contribution in [0.1, 0.15) is 34.3 Å². The number of carbonyl (C=O) groups excluding carboxylic acids is 2. The summed E-state index contributed by atoms with van der Waals surface area (Å²) < 4.78 is 0. The predicted octanol–water partition coefficient (Wildman–Crippen LogP) is 1.39. The lowest BCUT2D eigenvalue weighted by Gasteiger charge is -2.19. The summed E-state index contributed by atoms with van der Waals surface area (Å²) in [5.74, 6) is -0.0585. The number of rotatable bonds is 6. The normalized spacial score (nSPS) is 14.1. The zero-order valence-corrected chi connectivity index (χ0v) is 15.4. The largest absolute Gasteiger partial charge is 0.348 e. The molecule has 1 fully saturated rings. The lowest BCUT2D eigenvalue weighted by atomic mass is 10.1. The Morgan fingerprint density at radius 1 is 1.08 bits per heavy atom. The second kappa shape index (κ2) is 8.15. The Hall–Kier alpha value is -2.66. The van der Waals surface area contributed by atoms with E-state index in [-0.39, 0.29) is 11.8 Å². The van der Waals surface area contributed by atoms with Crippen LogP contribution in [0.3, 0.4) is 0 Å². The van der Waals surface area contributed by atoms with Crippen molar-refractivity contribution in [2.24, 2.45) is 0 Å². The molecule has 1 aliphatic rings. The van der Waals surface area contributed by atoms with Crippen molar-refractivity contribution in [3.63, 3.8) is 0 Å². The standard InChI is InChI=1S/C21H25N3O2/c1-23(2)15-17-9-4-3-8-16(17)14-22-21(26)18-10-5-6-11-19(18)24-13-7-12-20(24)25/h3-6,8-11H,7,12-15H2,1-2H3,(H,22,26)/p+1. The summed E-state index contributed by atoms with van der Waals surface area (Å²) in [5, 5.41) is 3.02. The van der Waals surface area contributed by atoms with Crippen molar-refractivity contribution in [1.82, 2.24) is 5.32 Å². The van der Waals surface area contributed by atoms with Crippen molar-refractivity contribution in [1.29, 1.82) is 0 Å². The van der Waals surface area contributed by atoms with E-state index in [1.807, 2.05) is 30.3 Å². The van der Waals surface area contributed by atoms with Crippen LogP contribution in [0.4, 0.5) is 5.69 Å². The SMILES string of the molecule is C[NH+](C)Cc1ccccc1CNC(=O)c1ccccc1N1CCCC1=O. The molecule has 0 radical (unpaired) electrons. The molecule has 136 valence electrons. The zero-order chi connectivity index (χ0) is 18.5. The Bertz CT molecular complexity index is 801. The van der Waals surface area contributed by atoms with Gasteiger partial charge in [0.05, 0.1) is 25.3 Å². The topological polar surface area (TPSA) is 53.9 Å². The molecule has 1 heterocycles. The first-order chi connectivity index (χ1) is 12.6. The number of hydrogen-bond donors (Lipinski definition) is 2. The van der Waals surface area contributed by atoms with Crippen LogP contribution >= 0.6 is 0 Å². The molecule has 0 spiro atoms. The van der Waals surface area contributed by atoms with Gasteiger partial charge in [-0.15, -0.1) is 0 Å². The van der Waals surface area contributed by atoms with Crippen molar-refractivity contribution in [2.45, 2.75) is 25.9 Å². The third-order valence-electron chi connectivity index (χ3n) is 4.61. The van der Waals surface area contributed by atoms with Gasteiger partial charge in [0.25, 0.3) is 5.91 Å². The summed E-state index contributed by atoms with van der Waals surface area (Å²) in [6, 6.07) is 15.5. The molecule has 0 aliphatic carbocycles. The molecule has 26 heavy (non-hydrogen) atoms. The van der Waals surface area contributed by atoms with Crippen LogP contribution in [0.5, 0.6) is 0 Å². The molecular weight excluding hydrogens is 326 g/mol. The highest BCUT2D eigenvalue weighted by Gasteiger charge is 2.25. The second-order valence-electron chi connectivity index (χ2n) is 7.00. The smallest absolute Gasteiger partial charge is 0.253 e. The highest BCUT2D eigenvalue weighted by molar-refractivity contribution is 6.05. The molecule has 3 rings (SSSR count). The summed E-state index contributed by atoms with van der Waals surface area (Å²) >= 11 is 0. The maximum absolute atomic E-state index is 12.8. The molecule has 5 heteroatoms. The summed E-state index contributed by atoms with van der Waals surface area (Å²) in [7, 11) is 4.22. The molecular formula is C21H26N3O2+. The van der Waals surface area contributed by atoms with Crippen molar-refractivity contribution < 1.29 is 14.5 Å². The summed E-state index contributed by atoms with van der Waals surface area (Å²) in [6.07, 6.45) is 1.39. The fourth-order valence-electron chi connectivity index (χ4n) is 3.36. The van der Waals surface area contributed by atoms with E-state index in [1.54, 1.807) is 11.0 Å². The van der Waals surface area contributed by atoms with Crippen LogP contribution in [-0.4, -0.2) is 32.5 Å². The molecule has 0 saturated carbocycles. The minimum Gasteiger partial charge on any atom is -0.348 e. The molecule has 1 aliphatic heterocycles. The number of para-hydroxylation sites is 1. The first-order valence-electron chi connectivity index (χ1n) is 9.09. The van der Waals surface area contributed by atoms with Gasteiger partial charge in [-0.2, -0.15) is 0 Å². The highest BCUT2D eigenvalue weighted by Crippen LogP contribution is 2.25. The second-order valence-corrected chi connectivity index (χ2v) is 7.00. The van der Waals surface area contributed by atoms with Gasteiger partial charge in [0.1, 0.15) is 6.54 Å².